The molecule has 0 saturated carbocycles. The fraction of sp³-hybridized carbons (Fsp3) is 0.364. The molecule has 0 radical (unpaired) electrons. The van der Waals surface area contributed by atoms with Gasteiger partial charge in [-0.3, -0.25) is 19.8 Å². The molecule has 2 aromatic carbocycles. The molecule has 1 atom stereocenters. The Bertz CT molecular complexity index is 996. The van der Waals surface area contributed by atoms with Crippen LogP contribution in [0.15, 0.2) is 42.5 Å². The molecule has 1 unspecified atom stereocenters. The molecule has 0 aliphatic carbocycles. The minimum atomic E-state index is -0.561. The lowest BCUT2D eigenvalue weighted by molar-refractivity contribution is -0.385. The van der Waals surface area contributed by atoms with E-state index < -0.39 is 4.92 Å². The molecule has 0 aromatic heterocycles. The molecule has 2 aromatic rings. The minimum absolute atomic E-state index is 0.0711. The van der Waals surface area contributed by atoms with Crippen LogP contribution >= 0.6 is 11.6 Å². The Kier molecular flexibility index (Phi) is 7.10. The summed E-state index contributed by atoms with van der Waals surface area (Å²) in [6, 6.07) is 12.9. The number of rotatable bonds is 6. The zero-order valence-electron chi connectivity index (χ0n) is 17.3. The van der Waals surface area contributed by atoms with Gasteiger partial charge >= 0.3 is 5.69 Å². The summed E-state index contributed by atoms with van der Waals surface area (Å²) in [6.07, 6.45) is 0. The number of nitriles is 1. The van der Waals surface area contributed by atoms with Gasteiger partial charge in [0.25, 0.3) is 5.91 Å². The number of hydrogen-bond acceptors (Lipinski definition) is 6. The van der Waals surface area contributed by atoms with Crippen LogP contribution in [0.5, 0.6) is 11.5 Å². The number of nitro benzene ring substituents is 1. The van der Waals surface area contributed by atoms with Gasteiger partial charge in [0.1, 0.15) is 11.8 Å². The second-order valence-corrected chi connectivity index (χ2v) is 8.08. The minimum Gasteiger partial charge on any atom is -0.450 e. The van der Waals surface area contributed by atoms with Crippen molar-refractivity contribution in [2.45, 2.75) is 19.9 Å². The van der Waals surface area contributed by atoms with Crippen LogP contribution in [0.3, 0.4) is 0 Å². The predicted octanol–water partition coefficient (Wildman–Crippen LogP) is 4.35. The summed E-state index contributed by atoms with van der Waals surface area (Å²) in [7, 11) is 0. The fourth-order valence-corrected chi connectivity index (χ4v) is 3.72. The van der Waals surface area contributed by atoms with E-state index in [2.05, 4.69) is 11.0 Å². The summed E-state index contributed by atoms with van der Waals surface area (Å²) >= 11 is 5.82. The molecule has 1 saturated heterocycles. The Morgan fingerprint density at radius 1 is 1.16 bits per heavy atom. The smallest absolute Gasteiger partial charge is 0.313 e. The SMILES string of the molecule is CC(C)C(C#N)N1CCN(C(=O)c2ccc(Oc3ccc(Cl)cc3[N+](=O)[O-])cc2)CC1. The van der Waals surface area contributed by atoms with Crippen LogP contribution in [0.25, 0.3) is 0 Å². The van der Waals surface area contributed by atoms with E-state index in [1.54, 1.807) is 29.2 Å². The average molecular weight is 443 g/mol. The molecular weight excluding hydrogens is 420 g/mol. The Balaban J connectivity index is 1.64. The molecule has 162 valence electrons. The van der Waals surface area contributed by atoms with E-state index in [9.17, 15) is 20.2 Å². The van der Waals surface area contributed by atoms with Gasteiger partial charge in [0.05, 0.1) is 11.0 Å². The zero-order chi connectivity index (χ0) is 22.5. The Morgan fingerprint density at radius 2 is 1.81 bits per heavy atom. The highest BCUT2D eigenvalue weighted by atomic mass is 35.5. The first kappa shape index (κ1) is 22.5. The number of benzene rings is 2. The summed E-state index contributed by atoms with van der Waals surface area (Å²) in [5, 5.41) is 20.8. The first-order valence-electron chi connectivity index (χ1n) is 9.95. The van der Waals surface area contributed by atoms with E-state index in [0.717, 1.165) is 0 Å². The highest BCUT2D eigenvalue weighted by molar-refractivity contribution is 6.30. The quantitative estimate of drug-likeness (QED) is 0.487. The highest BCUT2D eigenvalue weighted by Crippen LogP contribution is 2.33. The number of amides is 1. The lowest BCUT2D eigenvalue weighted by Gasteiger charge is -2.38. The summed E-state index contributed by atoms with van der Waals surface area (Å²) in [5.74, 6) is 0.584. The Hall–Kier alpha value is -3.15. The van der Waals surface area contributed by atoms with E-state index in [-0.39, 0.29) is 34.3 Å². The standard InChI is InChI=1S/C22H23ClN4O4/c1-15(2)20(14-24)25-9-11-26(12-10-25)22(28)16-3-6-18(7-4-16)31-21-8-5-17(23)13-19(21)27(29)30/h3-8,13,15,20H,9-12H2,1-2H3. The lowest BCUT2D eigenvalue weighted by atomic mass is 10.0. The first-order chi connectivity index (χ1) is 14.8. The summed E-state index contributed by atoms with van der Waals surface area (Å²) in [5.41, 5.74) is 0.273. The highest BCUT2D eigenvalue weighted by Gasteiger charge is 2.28. The van der Waals surface area contributed by atoms with Crippen LogP contribution in [-0.2, 0) is 0 Å². The number of nitro groups is 1. The summed E-state index contributed by atoms with van der Waals surface area (Å²) in [6.45, 7) is 6.46. The summed E-state index contributed by atoms with van der Waals surface area (Å²) < 4.78 is 5.62. The topological polar surface area (TPSA) is 99.7 Å². The third kappa shape index (κ3) is 5.32. The average Bonchev–Trinajstić information content (AvgIpc) is 2.75. The van der Waals surface area contributed by atoms with Crippen LogP contribution in [0, 0.1) is 27.4 Å². The number of carbonyl (C=O) groups excluding carboxylic acids is 1. The van der Waals surface area contributed by atoms with Gasteiger partial charge < -0.3 is 9.64 Å². The molecule has 1 aliphatic rings. The molecule has 8 nitrogen and oxygen atoms in total. The van der Waals surface area contributed by atoms with Crippen molar-refractivity contribution >= 4 is 23.2 Å². The molecule has 31 heavy (non-hydrogen) atoms. The maximum atomic E-state index is 12.8. The molecule has 1 fully saturated rings. The number of ether oxygens (including phenoxy) is 1. The molecule has 3 rings (SSSR count). The fourth-order valence-electron chi connectivity index (χ4n) is 3.55. The van der Waals surface area contributed by atoms with Crippen molar-refractivity contribution in [2.75, 3.05) is 26.2 Å². The van der Waals surface area contributed by atoms with E-state index in [1.807, 2.05) is 13.8 Å². The second kappa shape index (κ2) is 9.77. The first-order valence-corrected chi connectivity index (χ1v) is 10.3. The van der Waals surface area contributed by atoms with Gasteiger partial charge in [-0.25, -0.2) is 0 Å². The van der Waals surface area contributed by atoms with Crippen molar-refractivity contribution in [3.8, 4) is 17.6 Å². The van der Waals surface area contributed by atoms with Crippen LogP contribution in [-0.4, -0.2) is 52.9 Å². The van der Waals surface area contributed by atoms with Gasteiger partial charge in [-0.2, -0.15) is 5.26 Å². The van der Waals surface area contributed by atoms with E-state index >= 15 is 0 Å². The van der Waals surface area contributed by atoms with E-state index in [0.29, 0.717) is 37.5 Å². The van der Waals surface area contributed by atoms with Gasteiger partial charge in [-0.05, 0) is 42.3 Å². The van der Waals surface area contributed by atoms with Gasteiger partial charge in [0, 0.05) is 42.8 Å². The Morgan fingerprint density at radius 3 is 2.35 bits per heavy atom. The van der Waals surface area contributed by atoms with Crippen molar-refractivity contribution < 1.29 is 14.5 Å². The van der Waals surface area contributed by atoms with Crippen molar-refractivity contribution in [1.29, 1.82) is 5.26 Å². The normalized spacial score (nSPS) is 15.4. The van der Waals surface area contributed by atoms with Crippen LogP contribution in [0.1, 0.15) is 24.2 Å². The molecule has 0 N–H and O–H groups in total. The maximum absolute atomic E-state index is 12.8. The number of halogens is 1. The number of carbonyl (C=O) groups is 1. The molecule has 9 heteroatoms. The van der Waals surface area contributed by atoms with Gasteiger partial charge in [-0.1, -0.05) is 25.4 Å². The van der Waals surface area contributed by atoms with Crippen molar-refractivity contribution in [3.63, 3.8) is 0 Å². The van der Waals surface area contributed by atoms with Crippen LogP contribution in [0.2, 0.25) is 5.02 Å². The van der Waals surface area contributed by atoms with Crippen molar-refractivity contribution in [1.82, 2.24) is 9.80 Å². The summed E-state index contributed by atoms with van der Waals surface area (Å²) in [4.78, 5) is 27.4. The molecule has 1 amide bonds. The van der Waals surface area contributed by atoms with E-state index in [4.69, 9.17) is 16.3 Å². The molecule has 1 heterocycles. The Labute approximate surface area is 185 Å². The monoisotopic (exact) mass is 442 g/mol. The number of piperazine rings is 1. The lowest BCUT2D eigenvalue weighted by Crippen LogP contribution is -2.52. The molecule has 0 spiro atoms. The third-order valence-corrected chi connectivity index (χ3v) is 5.44. The van der Waals surface area contributed by atoms with Crippen LogP contribution < -0.4 is 4.74 Å². The zero-order valence-corrected chi connectivity index (χ0v) is 18.1. The van der Waals surface area contributed by atoms with Crippen LogP contribution in [0.4, 0.5) is 5.69 Å². The molecular formula is C22H23ClN4O4. The molecule has 1 aliphatic heterocycles. The second-order valence-electron chi connectivity index (χ2n) is 7.64. The van der Waals surface area contributed by atoms with Gasteiger partial charge in [0.2, 0.25) is 5.75 Å². The molecule has 0 bridgehead atoms. The van der Waals surface area contributed by atoms with Gasteiger partial charge in [-0.15, -0.1) is 0 Å². The van der Waals surface area contributed by atoms with Crippen molar-refractivity contribution in [2.24, 2.45) is 5.92 Å². The van der Waals surface area contributed by atoms with Crippen molar-refractivity contribution in [3.05, 3.63) is 63.2 Å². The number of nitrogens with zero attached hydrogens (tertiary/aromatic N) is 4. The largest absolute Gasteiger partial charge is 0.450 e. The van der Waals surface area contributed by atoms with Gasteiger partial charge in [0.15, 0.2) is 0 Å². The third-order valence-electron chi connectivity index (χ3n) is 5.21. The van der Waals surface area contributed by atoms with E-state index in [1.165, 1.54) is 18.2 Å². The predicted molar refractivity (Wildman–Crippen MR) is 116 cm³/mol. The maximum Gasteiger partial charge on any atom is 0.313 e. The number of hydrogen-bond donors (Lipinski definition) is 0.